The molecule has 2 unspecified atom stereocenters. The summed E-state index contributed by atoms with van der Waals surface area (Å²) in [6.07, 6.45) is 3.31. The van der Waals surface area contributed by atoms with Crippen LogP contribution in [0.4, 0.5) is 0 Å². The first kappa shape index (κ1) is 14.2. The fourth-order valence-corrected chi connectivity index (χ4v) is 2.03. The van der Waals surface area contributed by atoms with E-state index in [0.29, 0.717) is 6.61 Å². The van der Waals surface area contributed by atoms with Gasteiger partial charge in [0.05, 0.1) is 12.2 Å². The van der Waals surface area contributed by atoms with Gasteiger partial charge in [-0.25, -0.2) is 0 Å². The molecule has 0 heterocycles. The normalized spacial score (nSPS) is 14.5. The fraction of sp³-hybridized carbons (Fsp3) is 0.600. The molecule has 0 fully saturated rings. The molecule has 2 atom stereocenters. The summed E-state index contributed by atoms with van der Waals surface area (Å²) in [7, 11) is 0. The summed E-state index contributed by atoms with van der Waals surface area (Å²) in [6.45, 7) is 4.77. The van der Waals surface area contributed by atoms with Crippen molar-refractivity contribution in [1.82, 2.24) is 0 Å². The van der Waals surface area contributed by atoms with Crippen LogP contribution in [0.15, 0.2) is 30.3 Å². The van der Waals surface area contributed by atoms with Crippen molar-refractivity contribution in [2.24, 2.45) is 0 Å². The SMILES string of the molecule is CCCC(OCC)C(O)CCc1ccccc1. The van der Waals surface area contributed by atoms with E-state index >= 15 is 0 Å². The molecule has 17 heavy (non-hydrogen) atoms. The van der Waals surface area contributed by atoms with Crippen LogP contribution in [0, 0.1) is 0 Å². The summed E-state index contributed by atoms with van der Waals surface area (Å²) in [5.74, 6) is 0. The maximum Gasteiger partial charge on any atom is 0.0833 e. The van der Waals surface area contributed by atoms with Gasteiger partial charge < -0.3 is 9.84 Å². The molecule has 2 heteroatoms. The van der Waals surface area contributed by atoms with E-state index in [-0.39, 0.29) is 12.2 Å². The molecular formula is C15H24O2. The highest BCUT2D eigenvalue weighted by Crippen LogP contribution is 2.13. The summed E-state index contributed by atoms with van der Waals surface area (Å²) >= 11 is 0. The van der Waals surface area contributed by atoms with Gasteiger partial charge in [-0.3, -0.25) is 0 Å². The summed E-state index contributed by atoms with van der Waals surface area (Å²) in [5, 5.41) is 10.1. The maximum absolute atomic E-state index is 10.1. The van der Waals surface area contributed by atoms with Gasteiger partial charge >= 0.3 is 0 Å². The molecule has 1 rings (SSSR count). The lowest BCUT2D eigenvalue weighted by atomic mass is 10.0. The fourth-order valence-electron chi connectivity index (χ4n) is 2.03. The summed E-state index contributed by atoms with van der Waals surface area (Å²) < 4.78 is 5.58. The molecule has 0 bridgehead atoms. The van der Waals surface area contributed by atoms with Gasteiger partial charge in [0.25, 0.3) is 0 Å². The third kappa shape index (κ3) is 5.33. The molecule has 1 aromatic carbocycles. The Morgan fingerprint density at radius 2 is 1.82 bits per heavy atom. The third-order valence-corrected chi connectivity index (χ3v) is 2.95. The Bertz CT molecular complexity index is 278. The van der Waals surface area contributed by atoms with Crippen LogP contribution in [0.5, 0.6) is 0 Å². The molecule has 96 valence electrons. The smallest absolute Gasteiger partial charge is 0.0833 e. The van der Waals surface area contributed by atoms with Crippen LogP contribution in [-0.2, 0) is 11.2 Å². The number of benzene rings is 1. The van der Waals surface area contributed by atoms with Crippen molar-refractivity contribution in [2.75, 3.05) is 6.61 Å². The van der Waals surface area contributed by atoms with Crippen molar-refractivity contribution < 1.29 is 9.84 Å². The van der Waals surface area contributed by atoms with E-state index in [0.717, 1.165) is 25.7 Å². The quantitative estimate of drug-likeness (QED) is 0.751. The maximum atomic E-state index is 10.1. The van der Waals surface area contributed by atoms with E-state index in [1.165, 1.54) is 5.56 Å². The molecule has 1 N–H and O–H groups in total. The number of ether oxygens (including phenoxy) is 1. The van der Waals surface area contributed by atoms with Crippen molar-refractivity contribution in [3.8, 4) is 0 Å². The van der Waals surface area contributed by atoms with Crippen molar-refractivity contribution in [2.45, 2.75) is 51.7 Å². The number of aryl methyl sites for hydroxylation is 1. The van der Waals surface area contributed by atoms with Gasteiger partial charge in [-0.2, -0.15) is 0 Å². The molecule has 0 saturated carbocycles. The van der Waals surface area contributed by atoms with E-state index in [1.807, 2.05) is 25.1 Å². The second-order valence-corrected chi connectivity index (χ2v) is 4.37. The van der Waals surface area contributed by atoms with E-state index in [9.17, 15) is 5.11 Å². The molecule has 0 radical (unpaired) electrons. The molecule has 0 aliphatic carbocycles. The standard InChI is InChI=1S/C15H24O2/c1-3-8-15(17-4-2)14(16)12-11-13-9-6-5-7-10-13/h5-7,9-10,14-16H,3-4,8,11-12H2,1-2H3. The third-order valence-electron chi connectivity index (χ3n) is 2.95. The predicted octanol–water partition coefficient (Wildman–Crippen LogP) is 3.19. The Morgan fingerprint density at radius 1 is 1.12 bits per heavy atom. The van der Waals surface area contributed by atoms with Crippen LogP contribution >= 0.6 is 0 Å². The zero-order chi connectivity index (χ0) is 12.5. The van der Waals surface area contributed by atoms with E-state index in [2.05, 4.69) is 19.1 Å². The lowest BCUT2D eigenvalue weighted by molar-refractivity contribution is -0.0397. The average Bonchev–Trinajstić information content (AvgIpc) is 2.37. The Hall–Kier alpha value is -0.860. The van der Waals surface area contributed by atoms with Gasteiger partial charge in [-0.15, -0.1) is 0 Å². The Morgan fingerprint density at radius 3 is 2.41 bits per heavy atom. The van der Waals surface area contributed by atoms with Crippen molar-refractivity contribution in [1.29, 1.82) is 0 Å². The molecule has 1 aromatic rings. The van der Waals surface area contributed by atoms with Gasteiger partial charge in [0, 0.05) is 6.61 Å². The first-order valence-corrected chi connectivity index (χ1v) is 6.61. The minimum Gasteiger partial charge on any atom is -0.390 e. The summed E-state index contributed by atoms with van der Waals surface area (Å²) in [4.78, 5) is 0. The van der Waals surface area contributed by atoms with Crippen LogP contribution in [-0.4, -0.2) is 23.9 Å². The van der Waals surface area contributed by atoms with Gasteiger partial charge in [-0.1, -0.05) is 43.7 Å². The van der Waals surface area contributed by atoms with E-state index in [4.69, 9.17) is 4.74 Å². The van der Waals surface area contributed by atoms with Gasteiger partial charge in [0.1, 0.15) is 0 Å². The first-order valence-electron chi connectivity index (χ1n) is 6.61. The summed E-state index contributed by atoms with van der Waals surface area (Å²) in [5.41, 5.74) is 1.28. The van der Waals surface area contributed by atoms with Gasteiger partial charge in [-0.05, 0) is 31.7 Å². The largest absolute Gasteiger partial charge is 0.390 e. The minimum atomic E-state index is -0.352. The molecule has 2 nitrogen and oxygen atoms in total. The number of hydrogen-bond acceptors (Lipinski definition) is 2. The van der Waals surface area contributed by atoms with Crippen molar-refractivity contribution in [3.63, 3.8) is 0 Å². The predicted molar refractivity (Wildman–Crippen MR) is 71.1 cm³/mol. The number of rotatable bonds is 8. The molecule has 0 saturated heterocycles. The van der Waals surface area contributed by atoms with Crippen LogP contribution < -0.4 is 0 Å². The average molecular weight is 236 g/mol. The Balaban J connectivity index is 2.38. The number of aliphatic hydroxyl groups excluding tert-OH is 1. The highest BCUT2D eigenvalue weighted by Gasteiger charge is 2.18. The molecule has 0 aliphatic rings. The zero-order valence-corrected chi connectivity index (χ0v) is 10.9. The van der Waals surface area contributed by atoms with Crippen LogP contribution in [0.25, 0.3) is 0 Å². The van der Waals surface area contributed by atoms with E-state index < -0.39 is 0 Å². The highest BCUT2D eigenvalue weighted by molar-refractivity contribution is 5.14. The van der Waals surface area contributed by atoms with E-state index in [1.54, 1.807) is 0 Å². The second-order valence-electron chi connectivity index (χ2n) is 4.37. The molecule has 0 spiro atoms. The first-order chi connectivity index (χ1) is 8.27. The second kappa shape index (κ2) is 8.26. The number of aliphatic hydroxyl groups is 1. The van der Waals surface area contributed by atoms with Crippen LogP contribution in [0.2, 0.25) is 0 Å². The summed E-state index contributed by atoms with van der Waals surface area (Å²) in [6, 6.07) is 10.3. The van der Waals surface area contributed by atoms with Gasteiger partial charge in [0.2, 0.25) is 0 Å². The number of hydrogen-bond donors (Lipinski definition) is 1. The molecule has 0 aliphatic heterocycles. The molecule has 0 aromatic heterocycles. The van der Waals surface area contributed by atoms with Crippen molar-refractivity contribution in [3.05, 3.63) is 35.9 Å². The molecule has 0 amide bonds. The minimum absolute atomic E-state index is 0.00582. The van der Waals surface area contributed by atoms with Crippen LogP contribution in [0.1, 0.15) is 38.7 Å². The van der Waals surface area contributed by atoms with Crippen LogP contribution in [0.3, 0.4) is 0 Å². The monoisotopic (exact) mass is 236 g/mol. The molecular weight excluding hydrogens is 212 g/mol. The van der Waals surface area contributed by atoms with Crippen molar-refractivity contribution >= 4 is 0 Å². The Kier molecular flexibility index (Phi) is 6.90. The van der Waals surface area contributed by atoms with Gasteiger partial charge in [0.15, 0.2) is 0 Å². The highest BCUT2D eigenvalue weighted by atomic mass is 16.5. The Labute approximate surface area is 105 Å². The topological polar surface area (TPSA) is 29.5 Å². The lowest BCUT2D eigenvalue weighted by Gasteiger charge is -2.22. The zero-order valence-electron chi connectivity index (χ0n) is 10.9. The lowest BCUT2D eigenvalue weighted by Crippen LogP contribution is -2.29.